The van der Waals surface area contributed by atoms with Crippen LogP contribution in [-0.4, -0.2) is 27.1 Å². The van der Waals surface area contributed by atoms with E-state index in [4.69, 9.17) is 12.2 Å². The Bertz CT molecular complexity index is 551. The number of aliphatic carboxylic acids is 1. The Labute approximate surface area is 124 Å². The van der Waals surface area contributed by atoms with E-state index in [0.29, 0.717) is 4.91 Å². The number of hydrogen-bond acceptors (Lipinski definition) is 6. The molecule has 2 heterocycles. The van der Waals surface area contributed by atoms with Crippen LogP contribution in [0.3, 0.4) is 0 Å². The molecular formula is C12H10NO3S3-. The van der Waals surface area contributed by atoms with Gasteiger partial charge in [-0.2, -0.15) is 0 Å². The van der Waals surface area contributed by atoms with E-state index in [1.807, 2.05) is 17.5 Å². The average Bonchev–Trinajstić information content (AvgIpc) is 2.94. The lowest BCUT2D eigenvalue weighted by atomic mass is 10.2. The minimum Gasteiger partial charge on any atom is -0.548 e. The Morgan fingerprint density at radius 2 is 2.37 bits per heavy atom. The van der Waals surface area contributed by atoms with Crippen molar-refractivity contribution in [2.24, 2.45) is 0 Å². The van der Waals surface area contributed by atoms with Crippen molar-refractivity contribution in [2.75, 3.05) is 0 Å². The molecule has 1 amide bonds. The van der Waals surface area contributed by atoms with E-state index in [-0.39, 0.29) is 16.6 Å². The summed E-state index contributed by atoms with van der Waals surface area (Å²) in [5.74, 6) is -1.64. The van der Waals surface area contributed by atoms with Gasteiger partial charge in [-0.05, 0) is 23.9 Å². The maximum Gasteiger partial charge on any atom is 0.266 e. The lowest BCUT2D eigenvalue weighted by Gasteiger charge is -2.26. The fourth-order valence-electron chi connectivity index (χ4n) is 1.71. The molecule has 1 aromatic rings. The highest BCUT2D eigenvalue weighted by atomic mass is 32.2. The lowest BCUT2D eigenvalue weighted by Crippen LogP contribution is -2.49. The molecule has 19 heavy (non-hydrogen) atoms. The Kier molecular flexibility index (Phi) is 4.38. The summed E-state index contributed by atoms with van der Waals surface area (Å²) in [5.41, 5.74) is 0. The molecule has 0 saturated carbocycles. The van der Waals surface area contributed by atoms with Crippen LogP contribution in [0.4, 0.5) is 0 Å². The molecule has 7 heteroatoms. The zero-order valence-electron chi connectivity index (χ0n) is 9.99. The molecule has 1 saturated heterocycles. The quantitative estimate of drug-likeness (QED) is 0.622. The fraction of sp³-hybridized carbons (Fsp3) is 0.250. The van der Waals surface area contributed by atoms with Gasteiger partial charge < -0.3 is 9.90 Å². The van der Waals surface area contributed by atoms with E-state index in [0.717, 1.165) is 21.5 Å². The van der Waals surface area contributed by atoms with Crippen LogP contribution in [-0.2, 0) is 9.59 Å². The number of carbonyl (C=O) groups excluding carboxylic acids is 2. The largest absolute Gasteiger partial charge is 0.548 e. The molecule has 4 nitrogen and oxygen atoms in total. The Morgan fingerprint density at radius 1 is 1.63 bits per heavy atom. The summed E-state index contributed by atoms with van der Waals surface area (Å²) in [6, 6.07) is 2.77. The molecule has 1 aromatic heterocycles. The molecule has 0 radical (unpaired) electrons. The third-order valence-electron chi connectivity index (χ3n) is 2.61. The third-order valence-corrected chi connectivity index (χ3v) is 4.76. The summed E-state index contributed by atoms with van der Waals surface area (Å²) in [7, 11) is 0. The number of hydrogen-bond donors (Lipinski definition) is 0. The van der Waals surface area contributed by atoms with E-state index in [9.17, 15) is 14.7 Å². The van der Waals surface area contributed by atoms with Gasteiger partial charge in [-0.1, -0.05) is 37.0 Å². The summed E-state index contributed by atoms with van der Waals surface area (Å²) in [6.07, 6.45) is 1.99. The van der Waals surface area contributed by atoms with Crippen molar-refractivity contribution < 1.29 is 14.7 Å². The second kappa shape index (κ2) is 5.85. The van der Waals surface area contributed by atoms with Crippen LogP contribution in [0.15, 0.2) is 22.4 Å². The van der Waals surface area contributed by atoms with Gasteiger partial charge in [0, 0.05) is 4.88 Å². The first kappa shape index (κ1) is 14.2. The molecule has 0 unspecified atom stereocenters. The highest BCUT2D eigenvalue weighted by Gasteiger charge is 2.36. The predicted molar refractivity (Wildman–Crippen MR) is 78.4 cm³/mol. The van der Waals surface area contributed by atoms with Crippen molar-refractivity contribution in [1.29, 1.82) is 0 Å². The molecule has 0 bridgehead atoms. The van der Waals surface area contributed by atoms with Crippen molar-refractivity contribution in [3.63, 3.8) is 0 Å². The first-order valence-corrected chi connectivity index (χ1v) is 7.66. The Morgan fingerprint density at radius 3 is 2.89 bits per heavy atom. The zero-order valence-corrected chi connectivity index (χ0v) is 12.4. The van der Waals surface area contributed by atoms with Gasteiger partial charge in [0.15, 0.2) is 0 Å². The SMILES string of the molecule is CC[C@@H](C(=O)[O-])N1C(=O)/C(=C\c2cccs2)SC1=S. The number of amides is 1. The molecule has 1 aliphatic heterocycles. The number of rotatable bonds is 4. The molecule has 1 aliphatic rings. The summed E-state index contributed by atoms with van der Waals surface area (Å²) >= 11 is 7.72. The smallest absolute Gasteiger partial charge is 0.266 e. The number of nitrogens with zero attached hydrogens (tertiary/aromatic N) is 1. The minimum atomic E-state index is -1.28. The molecule has 1 atom stereocenters. The summed E-state index contributed by atoms with van der Waals surface area (Å²) in [6.45, 7) is 1.68. The monoisotopic (exact) mass is 312 g/mol. The van der Waals surface area contributed by atoms with Crippen LogP contribution in [0.2, 0.25) is 0 Å². The van der Waals surface area contributed by atoms with Crippen molar-refractivity contribution >= 4 is 57.6 Å². The minimum absolute atomic E-state index is 0.265. The molecule has 2 rings (SSSR count). The number of carboxylic acid groups (broad SMARTS) is 1. The van der Waals surface area contributed by atoms with Gasteiger partial charge in [0.25, 0.3) is 5.91 Å². The maximum atomic E-state index is 12.2. The van der Waals surface area contributed by atoms with E-state index < -0.39 is 12.0 Å². The second-order valence-corrected chi connectivity index (χ2v) is 6.47. The van der Waals surface area contributed by atoms with Gasteiger partial charge in [0.05, 0.1) is 16.9 Å². The van der Waals surface area contributed by atoms with Gasteiger partial charge >= 0.3 is 0 Å². The number of thioether (sulfide) groups is 1. The highest BCUT2D eigenvalue weighted by Crippen LogP contribution is 2.34. The summed E-state index contributed by atoms with van der Waals surface area (Å²) in [4.78, 5) is 25.8. The Hall–Kier alpha value is -1.18. The molecule has 1 fully saturated rings. The van der Waals surface area contributed by atoms with E-state index in [1.165, 1.54) is 11.3 Å². The van der Waals surface area contributed by atoms with E-state index in [2.05, 4.69) is 0 Å². The predicted octanol–water partition coefficient (Wildman–Crippen LogP) is 1.48. The number of thiocarbonyl (C=S) groups is 1. The number of thiophene rings is 1. The van der Waals surface area contributed by atoms with Crippen molar-refractivity contribution in [2.45, 2.75) is 19.4 Å². The van der Waals surface area contributed by atoms with Crippen LogP contribution in [0.1, 0.15) is 18.2 Å². The summed E-state index contributed by atoms with van der Waals surface area (Å²) < 4.78 is 0.267. The van der Waals surface area contributed by atoms with E-state index in [1.54, 1.807) is 13.0 Å². The Balaban J connectivity index is 2.28. The number of carbonyl (C=O) groups is 2. The maximum absolute atomic E-state index is 12.2. The first-order chi connectivity index (χ1) is 9.04. The molecule has 0 aliphatic carbocycles. The van der Waals surface area contributed by atoms with Gasteiger partial charge in [0.2, 0.25) is 0 Å². The molecule has 0 N–H and O–H groups in total. The average molecular weight is 312 g/mol. The van der Waals surface area contributed by atoms with Crippen LogP contribution in [0.25, 0.3) is 6.08 Å². The van der Waals surface area contributed by atoms with Crippen LogP contribution in [0, 0.1) is 0 Å². The standard InChI is InChI=1S/C12H11NO3S3/c1-2-8(11(15)16)13-10(14)9(19-12(13)17)6-7-4-3-5-18-7/h3-6,8H,2H2,1H3,(H,15,16)/p-1/b9-6+/t8-/m0/s1. The second-order valence-electron chi connectivity index (χ2n) is 3.81. The van der Waals surface area contributed by atoms with Crippen LogP contribution >= 0.6 is 35.3 Å². The van der Waals surface area contributed by atoms with E-state index >= 15 is 0 Å². The number of carboxylic acids is 1. The molecule has 0 spiro atoms. The summed E-state index contributed by atoms with van der Waals surface area (Å²) in [5, 5.41) is 12.9. The third kappa shape index (κ3) is 2.88. The first-order valence-electron chi connectivity index (χ1n) is 5.56. The zero-order chi connectivity index (χ0) is 14.0. The topological polar surface area (TPSA) is 60.4 Å². The van der Waals surface area contributed by atoms with Gasteiger partial charge in [-0.15, -0.1) is 11.3 Å². The lowest BCUT2D eigenvalue weighted by molar-refractivity contribution is -0.310. The van der Waals surface area contributed by atoms with Gasteiger partial charge in [0.1, 0.15) is 4.32 Å². The van der Waals surface area contributed by atoms with Crippen molar-refractivity contribution in [3.05, 3.63) is 27.3 Å². The van der Waals surface area contributed by atoms with Crippen molar-refractivity contribution in [1.82, 2.24) is 4.90 Å². The molecule has 100 valence electrons. The van der Waals surface area contributed by atoms with Gasteiger partial charge in [-0.3, -0.25) is 9.69 Å². The fourth-order valence-corrected chi connectivity index (χ4v) is 3.79. The van der Waals surface area contributed by atoms with Crippen LogP contribution in [0.5, 0.6) is 0 Å². The normalized spacial score (nSPS) is 19.2. The van der Waals surface area contributed by atoms with Gasteiger partial charge in [-0.25, -0.2) is 0 Å². The highest BCUT2D eigenvalue weighted by molar-refractivity contribution is 8.26. The van der Waals surface area contributed by atoms with Crippen molar-refractivity contribution in [3.8, 4) is 0 Å². The molecular weight excluding hydrogens is 302 g/mol. The van der Waals surface area contributed by atoms with Crippen LogP contribution < -0.4 is 5.11 Å². The molecule has 0 aromatic carbocycles.